The highest BCUT2D eigenvalue weighted by molar-refractivity contribution is 7.99. The second-order valence-electron chi connectivity index (χ2n) is 8.33. The lowest BCUT2D eigenvalue weighted by Gasteiger charge is -2.11. The molecule has 5 nitrogen and oxygen atoms in total. The highest BCUT2D eigenvalue weighted by atomic mass is 35.5. The van der Waals surface area contributed by atoms with E-state index in [0.717, 1.165) is 53.8 Å². The number of aromatic nitrogens is 3. The lowest BCUT2D eigenvalue weighted by Crippen LogP contribution is -2.24. The van der Waals surface area contributed by atoms with Gasteiger partial charge in [-0.25, -0.2) is 0 Å². The topological polar surface area (TPSA) is 59.8 Å². The van der Waals surface area contributed by atoms with Gasteiger partial charge < -0.3 is 5.32 Å². The molecule has 176 valence electrons. The van der Waals surface area contributed by atoms with E-state index in [1.54, 1.807) is 17.8 Å². The van der Waals surface area contributed by atoms with Crippen molar-refractivity contribution in [3.8, 4) is 5.69 Å². The Hall–Kier alpha value is -2.02. The first-order chi connectivity index (χ1) is 15.9. The van der Waals surface area contributed by atoms with E-state index in [4.69, 9.17) is 23.2 Å². The molecule has 8 heteroatoms. The van der Waals surface area contributed by atoms with Crippen molar-refractivity contribution >= 4 is 40.9 Å². The van der Waals surface area contributed by atoms with Crippen molar-refractivity contribution in [2.75, 3.05) is 12.3 Å². The van der Waals surface area contributed by atoms with Gasteiger partial charge in [0, 0.05) is 25.1 Å². The molecule has 33 heavy (non-hydrogen) atoms. The van der Waals surface area contributed by atoms with Gasteiger partial charge in [0.05, 0.1) is 15.7 Å². The van der Waals surface area contributed by atoms with E-state index in [0.29, 0.717) is 28.8 Å². The minimum atomic E-state index is 0.129. The average molecular weight is 506 g/mol. The van der Waals surface area contributed by atoms with Crippen LogP contribution in [-0.4, -0.2) is 33.0 Å². The summed E-state index contributed by atoms with van der Waals surface area (Å²) in [7, 11) is 0. The lowest BCUT2D eigenvalue weighted by molar-refractivity contribution is -0.121. The SMILES string of the molecule is CC(C)CCNC(=O)CCCCSc1nnc(Cc2ccccc2)n1-c1ccc(Cl)c(Cl)c1. The predicted molar refractivity (Wildman–Crippen MR) is 138 cm³/mol. The Balaban J connectivity index is 1.63. The van der Waals surface area contributed by atoms with Gasteiger partial charge in [-0.05, 0) is 48.9 Å². The molecule has 0 saturated carbocycles. The Morgan fingerprint density at radius 3 is 2.58 bits per heavy atom. The maximum Gasteiger partial charge on any atom is 0.219 e. The molecule has 0 fully saturated rings. The third kappa shape index (κ3) is 8.05. The Morgan fingerprint density at radius 2 is 1.85 bits per heavy atom. The summed E-state index contributed by atoms with van der Waals surface area (Å²) in [5, 5.41) is 13.7. The van der Waals surface area contributed by atoms with Crippen LogP contribution >= 0.6 is 35.0 Å². The number of hydrogen-bond donors (Lipinski definition) is 1. The molecule has 2 aromatic carbocycles. The van der Waals surface area contributed by atoms with Gasteiger partial charge in [-0.2, -0.15) is 0 Å². The Morgan fingerprint density at radius 1 is 1.06 bits per heavy atom. The Labute approximate surface area is 210 Å². The molecule has 3 aromatic rings. The van der Waals surface area contributed by atoms with Crippen molar-refractivity contribution < 1.29 is 4.79 Å². The molecule has 0 bridgehead atoms. The summed E-state index contributed by atoms with van der Waals surface area (Å²) in [6.45, 7) is 5.07. The number of nitrogens with one attached hydrogen (secondary N) is 1. The Kier molecular flexibility index (Phi) is 10.1. The second kappa shape index (κ2) is 13.0. The van der Waals surface area contributed by atoms with E-state index in [-0.39, 0.29) is 5.91 Å². The standard InChI is InChI=1S/C25H30Cl2N4OS/c1-18(2)13-14-28-24(32)10-6-7-15-33-25-30-29-23(16-19-8-4-3-5-9-19)31(25)20-11-12-21(26)22(27)17-20/h3-5,8-9,11-12,17-18H,6-7,10,13-16H2,1-2H3,(H,28,32). The van der Waals surface area contributed by atoms with Crippen LogP contribution in [0, 0.1) is 5.92 Å². The second-order valence-corrected chi connectivity index (χ2v) is 10.2. The number of rotatable bonds is 12. The molecule has 1 aromatic heterocycles. The quantitative estimate of drug-likeness (QED) is 0.223. The first-order valence-corrected chi connectivity index (χ1v) is 13.0. The summed E-state index contributed by atoms with van der Waals surface area (Å²) in [6, 6.07) is 15.7. The number of halogens is 2. The molecule has 0 aliphatic carbocycles. The van der Waals surface area contributed by atoms with Crippen molar-refractivity contribution in [3.05, 3.63) is 70.0 Å². The fourth-order valence-electron chi connectivity index (χ4n) is 3.31. The van der Waals surface area contributed by atoms with Crippen LogP contribution in [0.15, 0.2) is 53.7 Å². The third-order valence-electron chi connectivity index (χ3n) is 5.14. The van der Waals surface area contributed by atoms with Crippen molar-refractivity contribution in [2.45, 2.75) is 51.1 Å². The third-order valence-corrected chi connectivity index (χ3v) is 6.89. The average Bonchev–Trinajstić information content (AvgIpc) is 3.18. The maximum absolute atomic E-state index is 12.0. The van der Waals surface area contributed by atoms with Crippen LogP contribution in [0.2, 0.25) is 10.0 Å². The predicted octanol–water partition coefficient (Wildman–Crippen LogP) is 6.59. The largest absolute Gasteiger partial charge is 0.356 e. The van der Waals surface area contributed by atoms with Crippen LogP contribution in [0.25, 0.3) is 5.69 Å². The highest BCUT2D eigenvalue weighted by Gasteiger charge is 2.16. The summed E-state index contributed by atoms with van der Waals surface area (Å²) in [5.74, 6) is 2.42. The molecule has 0 atom stereocenters. The molecule has 1 N–H and O–H groups in total. The number of unbranched alkanes of at least 4 members (excludes halogenated alkanes) is 1. The zero-order valence-corrected chi connectivity index (χ0v) is 21.4. The van der Waals surface area contributed by atoms with Crippen LogP contribution in [0.1, 0.15) is 50.9 Å². The zero-order valence-electron chi connectivity index (χ0n) is 19.1. The summed E-state index contributed by atoms with van der Waals surface area (Å²) in [4.78, 5) is 12.0. The molecule has 0 unspecified atom stereocenters. The number of thioether (sulfide) groups is 1. The van der Waals surface area contributed by atoms with Crippen molar-refractivity contribution in [1.82, 2.24) is 20.1 Å². The number of benzene rings is 2. The molecule has 0 aliphatic heterocycles. The summed E-state index contributed by atoms with van der Waals surface area (Å²) in [6.07, 6.45) is 3.99. The van der Waals surface area contributed by atoms with Crippen molar-refractivity contribution in [3.63, 3.8) is 0 Å². The Bertz CT molecular complexity index is 1040. The minimum Gasteiger partial charge on any atom is -0.356 e. The number of nitrogens with zero attached hydrogens (tertiary/aromatic N) is 3. The molecule has 0 aliphatic rings. The summed E-state index contributed by atoms with van der Waals surface area (Å²) >= 11 is 14.1. The van der Waals surface area contributed by atoms with Gasteiger partial charge in [0.15, 0.2) is 5.16 Å². The van der Waals surface area contributed by atoms with E-state index in [2.05, 4.69) is 41.5 Å². The van der Waals surface area contributed by atoms with Crippen LogP contribution in [0.5, 0.6) is 0 Å². The van der Waals surface area contributed by atoms with E-state index < -0.39 is 0 Å². The zero-order chi connectivity index (χ0) is 23.6. The molecule has 1 heterocycles. The van der Waals surface area contributed by atoms with Gasteiger partial charge in [0.2, 0.25) is 5.91 Å². The van der Waals surface area contributed by atoms with E-state index in [1.165, 1.54) is 0 Å². The van der Waals surface area contributed by atoms with Gasteiger partial charge >= 0.3 is 0 Å². The fraction of sp³-hybridized carbons (Fsp3) is 0.400. The summed E-state index contributed by atoms with van der Waals surface area (Å²) in [5.41, 5.74) is 2.04. The molecule has 3 rings (SSSR count). The fourth-order valence-corrected chi connectivity index (χ4v) is 4.57. The molecule has 0 radical (unpaired) electrons. The summed E-state index contributed by atoms with van der Waals surface area (Å²) < 4.78 is 2.04. The van der Waals surface area contributed by atoms with E-state index in [9.17, 15) is 4.79 Å². The van der Waals surface area contributed by atoms with Gasteiger partial charge in [-0.3, -0.25) is 9.36 Å². The van der Waals surface area contributed by atoms with Gasteiger partial charge in [-0.15, -0.1) is 10.2 Å². The van der Waals surface area contributed by atoms with Gasteiger partial charge in [0.25, 0.3) is 0 Å². The normalized spacial score (nSPS) is 11.2. The van der Waals surface area contributed by atoms with Crippen molar-refractivity contribution in [2.24, 2.45) is 5.92 Å². The number of carbonyl (C=O) groups excluding carboxylic acids is 1. The van der Waals surface area contributed by atoms with E-state index >= 15 is 0 Å². The minimum absolute atomic E-state index is 0.129. The maximum atomic E-state index is 12.0. The molecule has 1 amide bonds. The first kappa shape index (κ1) is 25.6. The van der Waals surface area contributed by atoms with E-state index in [1.807, 2.05) is 34.9 Å². The van der Waals surface area contributed by atoms with Crippen LogP contribution in [0.4, 0.5) is 0 Å². The smallest absolute Gasteiger partial charge is 0.219 e. The van der Waals surface area contributed by atoms with Gasteiger partial charge in [-0.1, -0.05) is 79.1 Å². The molecule has 0 spiro atoms. The number of hydrogen-bond acceptors (Lipinski definition) is 4. The van der Waals surface area contributed by atoms with Crippen molar-refractivity contribution in [1.29, 1.82) is 0 Å². The van der Waals surface area contributed by atoms with Gasteiger partial charge in [0.1, 0.15) is 5.82 Å². The van der Waals surface area contributed by atoms with Crippen LogP contribution < -0.4 is 5.32 Å². The molecular weight excluding hydrogens is 475 g/mol. The van der Waals surface area contributed by atoms with Crippen LogP contribution in [0.3, 0.4) is 0 Å². The number of carbonyl (C=O) groups is 1. The van der Waals surface area contributed by atoms with Crippen LogP contribution in [-0.2, 0) is 11.2 Å². The highest BCUT2D eigenvalue weighted by Crippen LogP contribution is 2.29. The molecular formula is C25H30Cl2N4OS. The lowest BCUT2D eigenvalue weighted by atomic mass is 10.1. The monoisotopic (exact) mass is 504 g/mol. The number of amides is 1. The molecule has 0 saturated heterocycles. The first-order valence-electron chi connectivity index (χ1n) is 11.3.